The quantitative estimate of drug-likeness (QED) is 0.361. The maximum atomic E-state index is 12.7. The monoisotopic (exact) mass is 519 g/mol. The molecule has 1 amide bonds. The third-order valence-corrected chi connectivity index (χ3v) is 8.29. The molecule has 2 aliphatic rings. The van der Waals surface area contributed by atoms with Gasteiger partial charge in [-0.25, -0.2) is 0 Å². The Labute approximate surface area is 215 Å². The predicted molar refractivity (Wildman–Crippen MR) is 144 cm³/mol. The van der Waals surface area contributed by atoms with E-state index >= 15 is 0 Å². The second kappa shape index (κ2) is 10.2. The lowest BCUT2D eigenvalue weighted by molar-refractivity contribution is -0.113. The van der Waals surface area contributed by atoms with Gasteiger partial charge in [0.2, 0.25) is 0 Å². The minimum atomic E-state index is -4.00. The van der Waals surface area contributed by atoms with Crippen molar-refractivity contribution < 1.29 is 17.4 Å². The maximum absolute atomic E-state index is 12.7. The summed E-state index contributed by atoms with van der Waals surface area (Å²) < 4.78 is 30.8. The van der Waals surface area contributed by atoms with E-state index in [-0.39, 0.29) is 16.6 Å². The Morgan fingerprint density at radius 3 is 2.22 bits per heavy atom. The van der Waals surface area contributed by atoms with Crippen LogP contribution in [0.4, 0.5) is 5.69 Å². The molecule has 1 fully saturated rings. The fourth-order valence-corrected chi connectivity index (χ4v) is 5.95. The summed E-state index contributed by atoms with van der Waals surface area (Å²) in [5, 5.41) is 0.671. The van der Waals surface area contributed by atoms with Crippen molar-refractivity contribution in [2.45, 2.75) is 11.8 Å². The number of thioether (sulfide) groups is 1. The molecule has 184 valence electrons. The van der Waals surface area contributed by atoms with Crippen molar-refractivity contribution in [1.29, 1.82) is 0 Å². The summed E-state index contributed by atoms with van der Waals surface area (Å²) in [4.78, 5) is 21.9. The molecule has 0 N–H and O–H groups in total. The number of carbonyl (C=O) groups is 1. The van der Waals surface area contributed by atoms with E-state index in [0.717, 1.165) is 26.2 Å². The van der Waals surface area contributed by atoms with Crippen LogP contribution in [0.5, 0.6) is 5.75 Å². The van der Waals surface area contributed by atoms with Crippen molar-refractivity contribution >= 4 is 44.7 Å². The number of aryl methyl sites for hydroxylation is 1. The van der Waals surface area contributed by atoms with Gasteiger partial charge in [-0.2, -0.15) is 13.4 Å². The van der Waals surface area contributed by atoms with Crippen LogP contribution in [0.15, 0.2) is 93.7 Å². The lowest BCUT2D eigenvalue weighted by Gasteiger charge is -2.36. The first-order valence-electron chi connectivity index (χ1n) is 11.6. The molecule has 0 saturated carbocycles. The molecule has 0 radical (unpaired) electrons. The van der Waals surface area contributed by atoms with Gasteiger partial charge in [0.25, 0.3) is 5.91 Å². The van der Waals surface area contributed by atoms with Crippen LogP contribution in [0, 0.1) is 6.92 Å². The molecule has 3 aromatic carbocycles. The molecule has 0 aliphatic carbocycles. The Hall–Kier alpha value is -3.56. The van der Waals surface area contributed by atoms with Crippen molar-refractivity contribution in [3.8, 4) is 5.75 Å². The number of amidine groups is 1. The van der Waals surface area contributed by atoms with Gasteiger partial charge in [-0.15, -0.1) is 0 Å². The van der Waals surface area contributed by atoms with Gasteiger partial charge < -0.3 is 14.0 Å². The van der Waals surface area contributed by atoms with Gasteiger partial charge in [-0.3, -0.25) is 4.79 Å². The molecule has 1 saturated heterocycles. The van der Waals surface area contributed by atoms with Crippen LogP contribution in [-0.2, 0) is 14.9 Å². The standard InChI is InChI=1S/C27H25N3O4S2/c1-20-11-13-22(14-12-20)29-15-17-30(18-16-29)27-28-26(31)25(35-27)19-21-7-5-6-10-24(21)34-36(32,33)23-8-3-2-4-9-23/h2-14,19H,15-18H2,1H3/b25-19+. The third kappa shape index (κ3) is 5.32. The summed E-state index contributed by atoms with van der Waals surface area (Å²) in [6.07, 6.45) is 1.64. The van der Waals surface area contributed by atoms with E-state index in [4.69, 9.17) is 4.18 Å². The number of amides is 1. The van der Waals surface area contributed by atoms with E-state index in [9.17, 15) is 13.2 Å². The lowest BCUT2D eigenvalue weighted by atomic mass is 10.2. The topological polar surface area (TPSA) is 79.3 Å². The molecule has 0 spiro atoms. The summed E-state index contributed by atoms with van der Waals surface area (Å²) in [5.74, 6) is -0.181. The molecule has 0 unspecified atom stereocenters. The number of para-hydroxylation sites is 1. The average molecular weight is 520 g/mol. The molecule has 7 nitrogen and oxygen atoms in total. The number of carbonyl (C=O) groups excluding carboxylic acids is 1. The van der Waals surface area contributed by atoms with Gasteiger partial charge in [0, 0.05) is 37.4 Å². The van der Waals surface area contributed by atoms with E-state index in [1.807, 2.05) is 0 Å². The van der Waals surface area contributed by atoms with Crippen molar-refractivity contribution in [3.05, 3.63) is 94.9 Å². The zero-order valence-electron chi connectivity index (χ0n) is 19.7. The Kier molecular flexibility index (Phi) is 6.84. The highest BCUT2D eigenvalue weighted by atomic mass is 32.2. The molecule has 9 heteroatoms. The second-order valence-corrected chi connectivity index (χ2v) is 11.1. The van der Waals surface area contributed by atoms with Crippen molar-refractivity contribution in [2.75, 3.05) is 31.1 Å². The van der Waals surface area contributed by atoms with Gasteiger partial charge >= 0.3 is 10.1 Å². The van der Waals surface area contributed by atoms with E-state index < -0.39 is 10.1 Å². The number of benzene rings is 3. The predicted octanol–water partition coefficient (Wildman–Crippen LogP) is 4.56. The van der Waals surface area contributed by atoms with Crippen LogP contribution in [0.3, 0.4) is 0 Å². The summed E-state index contributed by atoms with van der Waals surface area (Å²) >= 11 is 1.31. The summed E-state index contributed by atoms with van der Waals surface area (Å²) in [7, 11) is -4.00. The molecule has 3 aromatic rings. The van der Waals surface area contributed by atoms with Crippen LogP contribution in [0.1, 0.15) is 11.1 Å². The average Bonchev–Trinajstić information content (AvgIpc) is 3.26. The van der Waals surface area contributed by atoms with Crippen LogP contribution in [0.2, 0.25) is 0 Å². The first-order valence-corrected chi connectivity index (χ1v) is 13.8. The van der Waals surface area contributed by atoms with E-state index in [2.05, 4.69) is 46.0 Å². The second-order valence-electron chi connectivity index (χ2n) is 8.51. The zero-order valence-corrected chi connectivity index (χ0v) is 21.3. The number of piperazine rings is 1. The van der Waals surface area contributed by atoms with Gasteiger partial charge in [0.05, 0.1) is 4.91 Å². The minimum Gasteiger partial charge on any atom is -0.378 e. The lowest BCUT2D eigenvalue weighted by Crippen LogP contribution is -2.47. The van der Waals surface area contributed by atoms with Gasteiger partial charge in [-0.05, 0) is 55.1 Å². The van der Waals surface area contributed by atoms with Gasteiger partial charge in [-0.1, -0.05) is 54.1 Å². The van der Waals surface area contributed by atoms with Gasteiger partial charge in [0.1, 0.15) is 10.6 Å². The molecule has 2 heterocycles. The van der Waals surface area contributed by atoms with Gasteiger partial charge in [0.15, 0.2) is 5.17 Å². The Balaban J connectivity index is 1.27. The number of hydrogen-bond donors (Lipinski definition) is 0. The molecule has 36 heavy (non-hydrogen) atoms. The Morgan fingerprint density at radius 2 is 1.50 bits per heavy atom. The normalized spacial score (nSPS) is 17.4. The first-order chi connectivity index (χ1) is 17.4. The van der Waals surface area contributed by atoms with Crippen molar-refractivity contribution in [2.24, 2.45) is 4.99 Å². The van der Waals surface area contributed by atoms with Crippen molar-refractivity contribution in [1.82, 2.24) is 4.90 Å². The highest BCUT2D eigenvalue weighted by Crippen LogP contribution is 2.33. The minimum absolute atomic E-state index is 0.0640. The molecular weight excluding hydrogens is 494 g/mol. The zero-order chi connectivity index (χ0) is 25.1. The third-order valence-electron chi connectivity index (χ3n) is 6.00. The van der Waals surface area contributed by atoms with Crippen molar-refractivity contribution in [3.63, 3.8) is 0 Å². The summed E-state index contributed by atoms with van der Waals surface area (Å²) in [6.45, 7) is 5.27. The fourth-order valence-electron chi connectivity index (χ4n) is 4.02. The summed E-state index contributed by atoms with van der Waals surface area (Å²) in [6, 6.07) is 23.2. The van der Waals surface area contributed by atoms with Crippen LogP contribution < -0.4 is 9.08 Å². The molecular formula is C27H25N3O4S2. The molecule has 2 aliphatic heterocycles. The highest BCUT2D eigenvalue weighted by molar-refractivity contribution is 8.18. The maximum Gasteiger partial charge on any atom is 0.339 e. The number of aliphatic imine (C=N–C) groups is 1. The SMILES string of the molecule is Cc1ccc(N2CCN(C3=NC(=O)/C(=C\c4ccccc4OS(=O)(=O)c4ccccc4)S3)CC2)cc1. The number of anilines is 1. The van der Waals surface area contributed by atoms with E-state index in [1.165, 1.54) is 35.1 Å². The highest BCUT2D eigenvalue weighted by Gasteiger charge is 2.29. The Bertz CT molecular complexity index is 1430. The number of nitrogens with zero attached hydrogens (tertiary/aromatic N) is 3. The molecule has 5 rings (SSSR count). The summed E-state index contributed by atoms with van der Waals surface area (Å²) in [5.41, 5.74) is 2.92. The molecule has 0 bridgehead atoms. The number of rotatable bonds is 5. The largest absolute Gasteiger partial charge is 0.378 e. The fraction of sp³-hybridized carbons (Fsp3) is 0.185. The van der Waals surface area contributed by atoms with E-state index in [0.29, 0.717) is 15.6 Å². The van der Waals surface area contributed by atoms with E-state index in [1.54, 1.807) is 48.5 Å². The van der Waals surface area contributed by atoms with Crippen LogP contribution >= 0.6 is 11.8 Å². The smallest absolute Gasteiger partial charge is 0.339 e. The Morgan fingerprint density at radius 1 is 0.861 bits per heavy atom. The van der Waals surface area contributed by atoms with Crippen LogP contribution in [-0.4, -0.2) is 50.6 Å². The number of hydrogen-bond acceptors (Lipinski definition) is 7. The molecule has 0 atom stereocenters. The molecule has 0 aromatic heterocycles. The first kappa shape index (κ1) is 24.1. The van der Waals surface area contributed by atoms with Crippen LogP contribution in [0.25, 0.3) is 6.08 Å².